The van der Waals surface area contributed by atoms with Gasteiger partial charge >= 0.3 is 0 Å². The Bertz CT molecular complexity index is 864. The molecule has 2 aromatic carbocycles. The smallest absolute Gasteiger partial charge is 0.255 e. The number of carbonyl (C=O) groups is 2. The van der Waals surface area contributed by atoms with E-state index in [0.29, 0.717) is 41.1 Å². The van der Waals surface area contributed by atoms with Crippen LogP contribution in [0.3, 0.4) is 0 Å². The maximum absolute atomic E-state index is 12.8. The number of ether oxygens (including phenoxy) is 1. The molecule has 2 aliphatic rings. The zero-order valence-corrected chi connectivity index (χ0v) is 16.3. The molecule has 2 aromatic rings. The number of hydrogen-bond donors (Lipinski definition) is 1. The van der Waals surface area contributed by atoms with Crippen molar-refractivity contribution in [2.75, 3.05) is 13.2 Å². The molecule has 2 amide bonds. The van der Waals surface area contributed by atoms with Crippen molar-refractivity contribution in [1.82, 2.24) is 10.2 Å². The van der Waals surface area contributed by atoms with Gasteiger partial charge in [-0.15, -0.1) is 0 Å². The first kappa shape index (κ1) is 18.8. The molecule has 0 bridgehead atoms. The van der Waals surface area contributed by atoms with Crippen LogP contribution in [0.15, 0.2) is 48.5 Å². The molecule has 1 saturated heterocycles. The van der Waals surface area contributed by atoms with E-state index >= 15 is 0 Å². The van der Waals surface area contributed by atoms with E-state index in [2.05, 4.69) is 5.32 Å². The second-order valence-corrected chi connectivity index (χ2v) is 7.76. The number of nitrogens with zero attached hydrogens (tertiary/aromatic N) is 1. The van der Waals surface area contributed by atoms with E-state index < -0.39 is 0 Å². The van der Waals surface area contributed by atoms with Gasteiger partial charge in [0.2, 0.25) is 0 Å². The zero-order valence-electron chi connectivity index (χ0n) is 15.6. The van der Waals surface area contributed by atoms with E-state index in [4.69, 9.17) is 16.3 Å². The summed E-state index contributed by atoms with van der Waals surface area (Å²) in [6.07, 6.45) is 3.98. The summed E-state index contributed by atoms with van der Waals surface area (Å²) in [4.78, 5) is 26.7. The largest absolute Gasteiger partial charge is 0.491 e. The van der Waals surface area contributed by atoms with Gasteiger partial charge in [0.1, 0.15) is 12.4 Å². The second kappa shape index (κ2) is 8.23. The number of benzene rings is 2. The highest BCUT2D eigenvalue weighted by Crippen LogP contribution is 2.25. The second-order valence-electron chi connectivity index (χ2n) is 7.36. The fourth-order valence-electron chi connectivity index (χ4n) is 3.46. The van der Waals surface area contributed by atoms with E-state index in [9.17, 15) is 9.59 Å². The Labute approximate surface area is 169 Å². The van der Waals surface area contributed by atoms with Crippen molar-refractivity contribution in [3.63, 3.8) is 0 Å². The van der Waals surface area contributed by atoms with E-state index in [0.717, 1.165) is 25.7 Å². The van der Waals surface area contributed by atoms with Crippen LogP contribution in [0, 0.1) is 0 Å². The monoisotopic (exact) mass is 398 g/mol. The van der Waals surface area contributed by atoms with Crippen molar-refractivity contribution in [2.24, 2.45) is 0 Å². The molecule has 28 heavy (non-hydrogen) atoms. The van der Waals surface area contributed by atoms with Crippen molar-refractivity contribution in [1.29, 1.82) is 0 Å². The van der Waals surface area contributed by atoms with Crippen LogP contribution < -0.4 is 10.1 Å². The molecule has 1 unspecified atom stereocenters. The van der Waals surface area contributed by atoms with Crippen LogP contribution in [0.5, 0.6) is 5.75 Å². The molecule has 0 spiro atoms. The zero-order chi connectivity index (χ0) is 19.5. The molecule has 1 saturated carbocycles. The van der Waals surface area contributed by atoms with Crippen LogP contribution >= 0.6 is 11.6 Å². The summed E-state index contributed by atoms with van der Waals surface area (Å²) in [6.45, 7) is 1.13. The fourth-order valence-corrected chi connectivity index (χ4v) is 3.67. The third-order valence-corrected chi connectivity index (χ3v) is 5.54. The molecule has 6 heteroatoms. The highest BCUT2D eigenvalue weighted by molar-refractivity contribution is 6.33. The van der Waals surface area contributed by atoms with E-state index in [-0.39, 0.29) is 17.9 Å². The molecule has 1 aliphatic heterocycles. The Kier molecular flexibility index (Phi) is 5.53. The first-order valence-electron chi connectivity index (χ1n) is 9.71. The summed E-state index contributed by atoms with van der Waals surface area (Å²) in [5, 5.41) is 3.44. The third kappa shape index (κ3) is 4.30. The molecule has 146 valence electrons. The SMILES string of the molecule is O=C(NC1CC1)c1ccc(OCC2CCCN2C(=O)c2ccccc2Cl)cc1. The molecular weight excluding hydrogens is 376 g/mol. The average Bonchev–Trinajstić information content (AvgIpc) is 3.40. The van der Waals surface area contributed by atoms with Gasteiger partial charge in [0.25, 0.3) is 11.8 Å². The fraction of sp³-hybridized carbons (Fsp3) is 0.364. The molecule has 1 aliphatic carbocycles. The number of rotatable bonds is 6. The Morgan fingerprint density at radius 2 is 1.82 bits per heavy atom. The normalized spacial score (nSPS) is 18.8. The average molecular weight is 399 g/mol. The topological polar surface area (TPSA) is 58.6 Å². The van der Waals surface area contributed by atoms with Gasteiger partial charge < -0.3 is 15.0 Å². The van der Waals surface area contributed by atoms with Gasteiger partial charge in [0.15, 0.2) is 0 Å². The summed E-state index contributed by atoms with van der Waals surface area (Å²) in [7, 11) is 0. The van der Waals surface area contributed by atoms with Crippen molar-refractivity contribution in [2.45, 2.75) is 37.8 Å². The molecular formula is C22H23ClN2O3. The number of carbonyl (C=O) groups excluding carboxylic acids is 2. The van der Waals surface area contributed by atoms with Gasteiger partial charge in [-0.3, -0.25) is 9.59 Å². The van der Waals surface area contributed by atoms with Crippen LogP contribution in [0.4, 0.5) is 0 Å². The first-order chi connectivity index (χ1) is 13.6. The maximum Gasteiger partial charge on any atom is 0.255 e. The standard InChI is InChI=1S/C22H23ClN2O3/c23-20-6-2-1-5-19(20)22(27)25-13-3-4-17(25)14-28-18-11-7-15(8-12-18)21(26)24-16-9-10-16/h1-2,5-8,11-12,16-17H,3-4,9-10,13-14H2,(H,24,26). The van der Waals surface area contributed by atoms with Crippen LogP contribution in [0.2, 0.25) is 5.02 Å². The highest BCUT2D eigenvalue weighted by atomic mass is 35.5. The number of nitrogens with one attached hydrogen (secondary N) is 1. The Morgan fingerprint density at radius 1 is 1.07 bits per heavy atom. The molecule has 4 rings (SSSR count). The van der Waals surface area contributed by atoms with Crippen LogP contribution in [-0.4, -0.2) is 41.9 Å². The Balaban J connectivity index is 1.35. The number of likely N-dealkylation sites (tertiary alicyclic amines) is 1. The number of halogens is 1. The van der Waals surface area contributed by atoms with Gasteiger partial charge in [0, 0.05) is 18.2 Å². The number of hydrogen-bond acceptors (Lipinski definition) is 3. The van der Waals surface area contributed by atoms with Crippen molar-refractivity contribution < 1.29 is 14.3 Å². The summed E-state index contributed by atoms with van der Waals surface area (Å²) >= 11 is 6.18. The highest BCUT2D eigenvalue weighted by Gasteiger charge is 2.31. The summed E-state index contributed by atoms with van der Waals surface area (Å²) < 4.78 is 5.91. The van der Waals surface area contributed by atoms with Crippen LogP contribution in [-0.2, 0) is 0 Å². The van der Waals surface area contributed by atoms with Crippen molar-refractivity contribution in [3.8, 4) is 5.75 Å². The Morgan fingerprint density at radius 3 is 2.54 bits per heavy atom. The quantitative estimate of drug-likeness (QED) is 0.802. The van der Waals surface area contributed by atoms with Crippen molar-refractivity contribution in [3.05, 3.63) is 64.7 Å². The van der Waals surface area contributed by atoms with Crippen LogP contribution in [0.25, 0.3) is 0 Å². The molecule has 1 heterocycles. The van der Waals surface area contributed by atoms with Gasteiger partial charge in [-0.1, -0.05) is 23.7 Å². The van der Waals surface area contributed by atoms with Gasteiger partial charge in [-0.2, -0.15) is 0 Å². The lowest BCUT2D eigenvalue weighted by atomic mass is 10.1. The molecule has 2 fully saturated rings. The molecule has 0 radical (unpaired) electrons. The predicted octanol–water partition coefficient (Wildman–Crippen LogP) is 3.92. The lowest BCUT2D eigenvalue weighted by molar-refractivity contribution is 0.0691. The van der Waals surface area contributed by atoms with Gasteiger partial charge in [-0.05, 0) is 62.1 Å². The lowest BCUT2D eigenvalue weighted by Crippen LogP contribution is -2.39. The van der Waals surface area contributed by atoms with E-state index in [1.807, 2.05) is 17.0 Å². The lowest BCUT2D eigenvalue weighted by Gasteiger charge is -2.25. The summed E-state index contributed by atoms with van der Waals surface area (Å²) in [5.74, 6) is 0.602. The minimum Gasteiger partial charge on any atom is -0.491 e. The predicted molar refractivity (Wildman–Crippen MR) is 108 cm³/mol. The number of amides is 2. The van der Waals surface area contributed by atoms with E-state index in [1.165, 1.54) is 0 Å². The van der Waals surface area contributed by atoms with E-state index in [1.54, 1.807) is 36.4 Å². The minimum atomic E-state index is -0.0520. The summed E-state index contributed by atoms with van der Waals surface area (Å²) in [6, 6.07) is 14.6. The molecule has 1 N–H and O–H groups in total. The van der Waals surface area contributed by atoms with Crippen LogP contribution in [0.1, 0.15) is 46.4 Å². The van der Waals surface area contributed by atoms with Gasteiger partial charge in [-0.25, -0.2) is 0 Å². The van der Waals surface area contributed by atoms with Gasteiger partial charge in [0.05, 0.1) is 16.6 Å². The molecule has 5 nitrogen and oxygen atoms in total. The Hall–Kier alpha value is -2.53. The summed E-state index contributed by atoms with van der Waals surface area (Å²) in [5.41, 5.74) is 1.16. The maximum atomic E-state index is 12.8. The first-order valence-corrected chi connectivity index (χ1v) is 10.1. The third-order valence-electron chi connectivity index (χ3n) is 5.21. The van der Waals surface area contributed by atoms with Crippen molar-refractivity contribution >= 4 is 23.4 Å². The molecule has 0 aromatic heterocycles. The minimum absolute atomic E-state index is 0.0154. The molecule has 1 atom stereocenters.